The molecule has 1 saturated carbocycles. The lowest BCUT2D eigenvalue weighted by Crippen LogP contribution is -2.40. The van der Waals surface area contributed by atoms with Crippen LogP contribution in [0.3, 0.4) is 0 Å². The number of halogens is 2. The van der Waals surface area contributed by atoms with Crippen LogP contribution in [0.5, 0.6) is 0 Å². The number of aromatic nitrogens is 1. The summed E-state index contributed by atoms with van der Waals surface area (Å²) in [5.41, 5.74) is 0.888. The summed E-state index contributed by atoms with van der Waals surface area (Å²) in [6.07, 6.45) is 2.23. The van der Waals surface area contributed by atoms with Crippen LogP contribution in [-0.4, -0.2) is 46.7 Å². The summed E-state index contributed by atoms with van der Waals surface area (Å²) < 4.78 is 0. The fraction of sp³-hybridized carbons (Fsp3) is 0.429. The van der Waals surface area contributed by atoms with Gasteiger partial charge < -0.3 is 15.5 Å². The molecule has 0 radical (unpaired) electrons. The summed E-state index contributed by atoms with van der Waals surface area (Å²) in [4.78, 5) is 43.2. The van der Waals surface area contributed by atoms with Gasteiger partial charge in [0.25, 0.3) is 5.91 Å². The molecule has 3 rings (SSSR count). The van der Waals surface area contributed by atoms with Crippen molar-refractivity contribution in [1.82, 2.24) is 15.2 Å². The van der Waals surface area contributed by atoms with E-state index in [1.165, 1.54) is 22.3 Å². The van der Waals surface area contributed by atoms with Gasteiger partial charge in [-0.2, -0.15) is 0 Å². The van der Waals surface area contributed by atoms with Gasteiger partial charge in [-0.1, -0.05) is 37.0 Å². The van der Waals surface area contributed by atoms with Crippen molar-refractivity contribution >= 4 is 57.4 Å². The molecule has 1 aliphatic carbocycles. The third-order valence-electron chi connectivity index (χ3n) is 4.45. The largest absolute Gasteiger partial charge is 0.353 e. The molecule has 1 aromatic heterocycles. The first-order valence-electron chi connectivity index (χ1n) is 9.99. The summed E-state index contributed by atoms with van der Waals surface area (Å²) in [6, 6.07) is 4.94. The number of carbonyl (C=O) groups excluding carboxylic acids is 3. The Balaban J connectivity index is 1.61. The van der Waals surface area contributed by atoms with E-state index in [-0.39, 0.29) is 47.2 Å². The van der Waals surface area contributed by atoms with Gasteiger partial charge in [0, 0.05) is 23.0 Å². The van der Waals surface area contributed by atoms with E-state index >= 15 is 0 Å². The van der Waals surface area contributed by atoms with Crippen LogP contribution in [-0.2, 0) is 16.0 Å². The van der Waals surface area contributed by atoms with E-state index in [1.807, 2.05) is 13.8 Å². The Kier molecular flexibility index (Phi) is 7.91. The fourth-order valence-electron chi connectivity index (χ4n) is 2.94. The van der Waals surface area contributed by atoms with E-state index in [4.69, 9.17) is 23.2 Å². The molecule has 0 saturated heterocycles. The Bertz CT molecular complexity index is 975. The average molecular weight is 483 g/mol. The smallest absolute Gasteiger partial charge is 0.255 e. The second-order valence-corrected chi connectivity index (χ2v) is 9.62. The van der Waals surface area contributed by atoms with Crippen molar-refractivity contribution in [3.8, 4) is 0 Å². The Morgan fingerprint density at radius 1 is 1.23 bits per heavy atom. The first kappa shape index (κ1) is 23.5. The Morgan fingerprint density at radius 3 is 2.61 bits per heavy atom. The van der Waals surface area contributed by atoms with E-state index in [1.54, 1.807) is 17.5 Å². The number of anilines is 1. The minimum atomic E-state index is -0.373. The number of nitrogens with zero attached hydrogens (tertiary/aromatic N) is 2. The van der Waals surface area contributed by atoms with Gasteiger partial charge in [0.1, 0.15) is 6.54 Å². The zero-order valence-corrected chi connectivity index (χ0v) is 19.6. The number of carbonyl (C=O) groups is 3. The molecule has 1 fully saturated rings. The molecule has 1 heterocycles. The topological polar surface area (TPSA) is 91.4 Å². The molecule has 0 spiro atoms. The maximum Gasteiger partial charge on any atom is 0.255 e. The summed E-state index contributed by atoms with van der Waals surface area (Å²) >= 11 is 13.3. The summed E-state index contributed by atoms with van der Waals surface area (Å²) in [6.45, 7) is 4.16. The molecular weight excluding hydrogens is 459 g/mol. The number of nitrogens with one attached hydrogen (secondary N) is 2. The van der Waals surface area contributed by atoms with Gasteiger partial charge in [-0.25, -0.2) is 4.98 Å². The highest BCUT2D eigenvalue weighted by atomic mass is 35.5. The Hall–Kier alpha value is -2.16. The standard InChI is InChI=1S/C21H24Cl2N4O3S/c1-12(2)9-27(20(30)16-6-3-13(22)7-17(16)23)10-19(29)26-21-25-15(11-31-21)8-18(28)24-14-4-5-14/h3,6-7,11-12,14H,4-5,8-10H2,1-2H3,(H,24,28)(H,25,26,29). The van der Waals surface area contributed by atoms with E-state index in [0.717, 1.165) is 12.8 Å². The minimum Gasteiger partial charge on any atom is -0.353 e. The first-order chi connectivity index (χ1) is 14.7. The molecule has 1 aliphatic rings. The quantitative estimate of drug-likeness (QED) is 0.564. The first-order valence-corrected chi connectivity index (χ1v) is 11.6. The van der Waals surface area contributed by atoms with Crippen LogP contribution in [0.1, 0.15) is 42.7 Å². The summed E-state index contributed by atoms with van der Waals surface area (Å²) in [5, 5.41) is 8.42. The normalized spacial score (nSPS) is 13.2. The number of hydrogen-bond acceptors (Lipinski definition) is 5. The van der Waals surface area contributed by atoms with E-state index in [9.17, 15) is 14.4 Å². The van der Waals surface area contributed by atoms with Crippen LogP contribution >= 0.6 is 34.5 Å². The van der Waals surface area contributed by atoms with E-state index in [0.29, 0.717) is 28.4 Å². The molecule has 0 atom stereocenters. The van der Waals surface area contributed by atoms with Crippen LogP contribution in [0, 0.1) is 5.92 Å². The van der Waals surface area contributed by atoms with Gasteiger partial charge in [0.2, 0.25) is 11.8 Å². The van der Waals surface area contributed by atoms with Crippen molar-refractivity contribution in [3.05, 3.63) is 44.9 Å². The zero-order chi connectivity index (χ0) is 22.5. The molecule has 1 aromatic carbocycles. The Morgan fingerprint density at radius 2 is 1.97 bits per heavy atom. The van der Waals surface area contributed by atoms with E-state index in [2.05, 4.69) is 15.6 Å². The highest BCUT2D eigenvalue weighted by Crippen LogP contribution is 2.23. The minimum absolute atomic E-state index is 0.0702. The highest BCUT2D eigenvalue weighted by molar-refractivity contribution is 7.13. The second kappa shape index (κ2) is 10.4. The van der Waals surface area contributed by atoms with Crippen molar-refractivity contribution in [2.45, 2.75) is 39.2 Å². The monoisotopic (exact) mass is 482 g/mol. The van der Waals surface area contributed by atoms with E-state index < -0.39 is 0 Å². The van der Waals surface area contributed by atoms with Gasteiger partial charge in [-0.15, -0.1) is 11.3 Å². The van der Waals surface area contributed by atoms with Crippen molar-refractivity contribution in [2.24, 2.45) is 5.92 Å². The maximum atomic E-state index is 13.0. The number of hydrogen-bond donors (Lipinski definition) is 2. The SMILES string of the molecule is CC(C)CN(CC(=O)Nc1nc(CC(=O)NC2CC2)cs1)C(=O)c1ccc(Cl)cc1Cl. The highest BCUT2D eigenvalue weighted by Gasteiger charge is 2.24. The van der Waals surface area contributed by atoms with Gasteiger partial charge in [-0.05, 0) is 37.0 Å². The third-order valence-corrected chi connectivity index (χ3v) is 5.81. The third kappa shape index (κ3) is 7.19. The molecule has 7 nitrogen and oxygen atoms in total. The lowest BCUT2D eigenvalue weighted by molar-refractivity contribution is -0.120. The molecule has 2 N–H and O–H groups in total. The van der Waals surface area contributed by atoms with Crippen LogP contribution in [0.4, 0.5) is 5.13 Å². The molecule has 0 bridgehead atoms. The molecule has 3 amide bonds. The number of amides is 3. The fourth-order valence-corrected chi connectivity index (χ4v) is 4.16. The molecule has 2 aromatic rings. The van der Waals surface area contributed by atoms with Crippen molar-refractivity contribution < 1.29 is 14.4 Å². The molecule has 166 valence electrons. The predicted octanol–water partition coefficient (Wildman–Crippen LogP) is 4.01. The molecule has 0 aliphatic heterocycles. The van der Waals surface area contributed by atoms with Gasteiger partial charge in [0.15, 0.2) is 5.13 Å². The molecule has 10 heteroatoms. The van der Waals surface area contributed by atoms with Gasteiger partial charge in [-0.3, -0.25) is 14.4 Å². The maximum absolute atomic E-state index is 13.0. The van der Waals surface area contributed by atoms with Gasteiger partial charge in [0.05, 0.1) is 22.7 Å². The molecular formula is C21H24Cl2N4O3S. The number of rotatable bonds is 9. The summed E-state index contributed by atoms with van der Waals surface area (Å²) in [5.74, 6) is -0.636. The lowest BCUT2D eigenvalue weighted by atomic mass is 10.1. The zero-order valence-electron chi connectivity index (χ0n) is 17.3. The van der Waals surface area contributed by atoms with Crippen molar-refractivity contribution in [3.63, 3.8) is 0 Å². The average Bonchev–Trinajstić information content (AvgIpc) is 3.38. The number of benzene rings is 1. The number of thiazole rings is 1. The molecule has 0 unspecified atom stereocenters. The lowest BCUT2D eigenvalue weighted by Gasteiger charge is -2.24. The van der Waals surface area contributed by atoms with Crippen LogP contribution in [0.15, 0.2) is 23.6 Å². The van der Waals surface area contributed by atoms with Crippen molar-refractivity contribution in [2.75, 3.05) is 18.4 Å². The van der Waals surface area contributed by atoms with Crippen molar-refractivity contribution in [1.29, 1.82) is 0 Å². The van der Waals surface area contributed by atoms with Crippen LogP contribution in [0.25, 0.3) is 0 Å². The van der Waals surface area contributed by atoms with Gasteiger partial charge >= 0.3 is 0 Å². The predicted molar refractivity (Wildman–Crippen MR) is 123 cm³/mol. The summed E-state index contributed by atoms with van der Waals surface area (Å²) in [7, 11) is 0. The van der Waals surface area contributed by atoms with Crippen LogP contribution < -0.4 is 10.6 Å². The Labute approximate surface area is 195 Å². The second-order valence-electron chi connectivity index (χ2n) is 7.91. The molecule has 31 heavy (non-hydrogen) atoms. The van der Waals surface area contributed by atoms with Crippen LogP contribution in [0.2, 0.25) is 10.0 Å².